The van der Waals surface area contributed by atoms with Crippen LogP contribution in [0.1, 0.15) is 49.4 Å². The largest absolute Gasteiger partial charge is 0.475 e. The van der Waals surface area contributed by atoms with Gasteiger partial charge in [-0.1, -0.05) is 42.7 Å². The van der Waals surface area contributed by atoms with Crippen molar-refractivity contribution in [3.05, 3.63) is 53.2 Å². The standard InChI is InChI=1S/C23H30N2O3/c1-4-27-14-15-28-21-11-10-20(18(3)24-21)25-22(26)23(12-5-6-13-23)19-9-7-8-17(2)16-19/h7-11,16H,4-6,12-15H2,1-3H3,(H,25,26). The summed E-state index contributed by atoms with van der Waals surface area (Å²) in [4.78, 5) is 17.8. The number of nitrogens with one attached hydrogen (secondary N) is 1. The summed E-state index contributed by atoms with van der Waals surface area (Å²) in [5.41, 5.74) is 3.33. The Labute approximate surface area is 167 Å². The second-order valence-electron chi connectivity index (χ2n) is 7.44. The number of hydrogen-bond donors (Lipinski definition) is 1. The summed E-state index contributed by atoms with van der Waals surface area (Å²) in [7, 11) is 0. The second kappa shape index (κ2) is 9.20. The molecule has 0 radical (unpaired) electrons. The number of hydrogen-bond acceptors (Lipinski definition) is 4. The highest BCUT2D eigenvalue weighted by atomic mass is 16.5. The summed E-state index contributed by atoms with van der Waals surface area (Å²) < 4.78 is 10.9. The van der Waals surface area contributed by atoms with Gasteiger partial charge in [-0.3, -0.25) is 4.79 Å². The third-order valence-electron chi connectivity index (χ3n) is 5.45. The van der Waals surface area contributed by atoms with Crippen molar-refractivity contribution in [3.63, 3.8) is 0 Å². The number of amides is 1. The molecule has 1 aromatic carbocycles. The van der Waals surface area contributed by atoms with Gasteiger partial charge in [-0.2, -0.15) is 0 Å². The van der Waals surface area contributed by atoms with Crippen LogP contribution in [0.2, 0.25) is 0 Å². The number of carbonyl (C=O) groups excluding carboxylic acids is 1. The van der Waals surface area contributed by atoms with Gasteiger partial charge in [0.25, 0.3) is 0 Å². The Morgan fingerprint density at radius 3 is 2.61 bits per heavy atom. The lowest BCUT2D eigenvalue weighted by molar-refractivity contribution is -0.121. The molecule has 150 valence electrons. The molecule has 0 bridgehead atoms. The third-order valence-corrected chi connectivity index (χ3v) is 5.45. The van der Waals surface area contributed by atoms with Crippen molar-refractivity contribution >= 4 is 11.6 Å². The third kappa shape index (κ3) is 4.53. The van der Waals surface area contributed by atoms with Crippen molar-refractivity contribution in [1.29, 1.82) is 0 Å². The van der Waals surface area contributed by atoms with Gasteiger partial charge < -0.3 is 14.8 Å². The van der Waals surface area contributed by atoms with E-state index in [2.05, 4.69) is 35.4 Å². The van der Waals surface area contributed by atoms with Crippen LogP contribution in [0.5, 0.6) is 5.88 Å². The van der Waals surface area contributed by atoms with E-state index in [0.29, 0.717) is 25.7 Å². The highest BCUT2D eigenvalue weighted by Crippen LogP contribution is 2.42. The van der Waals surface area contributed by atoms with Crippen molar-refractivity contribution in [1.82, 2.24) is 4.98 Å². The fourth-order valence-corrected chi connectivity index (χ4v) is 3.91. The van der Waals surface area contributed by atoms with Crippen molar-refractivity contribution in [2.75, 3.05) is 25.1 Å². The molecule has 1 aliphatic carbocycles. The van der Waals surface area contributed by atoms with Crippen LogP contribution in [-0.4, -0.2) is 30.7 Å². The summed E-state index contributed by atoms with van der Waals surface area (Å²) in [6.07, 6.45) is 3.91. The Bertz CT molecular complexity index is 813. The molecule has 3 rings (SSSR count). The lowest BCUT2D eigenvalue weighted by Crippen LogP contribution is -2.38. The molecule has 1 amide bonds. The molecule has 1 fully saturated rings. The first-order chi connectivity index (χ1) is 13.5. The van der Waals surface area contributed by atoms with Crippen LogP contribution in [0.4, 0.5) is 5.69 Å². The molecule has 28 heavy (non-hydrogen) atoms. The zero-order chi connectivity index (χ0) is 20.0. The molecular formula is C23H30N2O3. The highest BCUT2D eigenvalue weighted by molar-refractivity contribution is 5.99. The van der Waals surface area contributed by atoms with Crippen LogP contribution in [0, 0.1) is 13.8 Å². The Hall–Kier alpha value is -2.40. The van der Waals surface area contributed by atoms with E-state index < -0.39 is 5.41 Å². The Morgan fingerprint density at radius 2 is 1.93 bits per heavy atom. The molecule has 5 heteroatoms. The molecule has 1 aliphatic rings. The number of pyridine rings is 1. The van der Waals surface area contributed by atoms with Gasteiger partial charge in [0.2, 0.25) is 11.8 Å². The maximum absolute atomic E-state index is 13.3. The van der Waals surface area contributed by atoms with E-state index in [4.69, 9.17) is 9.47 Å². The van der Waals surface area contributed by atoms with Crippen LogP contribution in [-0.2, 0) is 14.9 Å². The van der Waals surface area contributed by atoms with E-state index in [0.717, 1.165) is 42.6 Å². The number of aromatic nitrogens is 1. The van der Waals surface area contributed by atoms with Gasteiger partial charge in [-0.15, -0.1) is 0 Å². The molecule has 2 aromatic rings. The monoisotopic (exact) mass is 382 g/mol. The molecule has 0 unspecified atom stereocenters. The number of nitrogens with zero attached hydrogens (tertiary/aromatic N) is 1. The molecule has 0 spiro atoms. The van der Waals surface area contributed by atoms with Gasteiger partial charge in [0.15, 0.2) is 0 Å². The summed E-state index contributed by atoms with van der Waals surface area (Å²) in [5.74, 6) is 0.606. The Balaban J connectivity index is 1.74. The van der Waals surface area contributed by atoms with Crippen molar-refractivity contribution in [2.24, 2.45) is 0 Å². The first-order valence-corrected chi connectivity index (χ1v) is 10.1. The number of anilines is 1. The fraction of sp³-hybridized carbons (Fsp3) is 0.478. The van der Waals surface area contributed by atoms with E-state index in [1.165, 1.54) is 5.56 Å². The molecule has 1 saturated carbocycles. The maximum Gasteiger partial charge on any atom is 0.235 e. The first-order valence-electron chi connectivity index (χ1n) is 10.1. The van der Waals surface area contributed by atoms with Gasteiger partial charge >= 0.3 is 0 Å². The smallest absolute Gasteiger partial charge is 0.235 e. The average molecular weight is 383 g/mol. The lowest BCUT2D eigenvalue weighted by atomic mass is 9.77. The predicted molar refractivity (Wildman–Crippen MR) is 111 cm³/mol. The first kappa shape index (κ1) is 20.3. The number of aryl methyl sites for hydroxylation is 2. The van der Waals surface area contributed by atoms with Crippen LogP contribution < -0.4 is 10.1 Å². The topological polar surface area (TPSA) is 60.5 Å². The minimum absolute atomic E-state index is 0.0607. The van der Waals surface area contributed by atoms with Gasteiger partial charge in [-0.25, -0.2) is 4.98 Å². The van der Waals surface area contributed by atoms with E-state index in [1.807, 2.05) is 26.0 Å². The Kier molecular flexibility index (Phi) is 6.68. The van der Waals surface area contributed by atoms with Crippen LogP contribution >= 0.6 is 0 Å². The SMILES string of the molecule is CCOCCOc1ccc(NC(=O)C2(c3cccc(C)c3)CCCC2)c(C)n1. The molecule has 0 aliphatic heterocycles. The van der Waals surface area contributed by atoms with Crippen molar-refractivity contribution in [2.45, 2.75) is 51.9 Å². The minimum Gasteiger partial charge on any atom is -0.475 e. The quantitative estimate of drug-likeness (QED) is 0.680. The van der Waals surface area contributed by atoms with E-state index in [9.17, 15) is 4.79 Å². The number of rotatable bonds is 8. The number of ether oxygens (including phenoxy) is 2. The predicted octanol–water partition coefficient (Wildman–Crippen LogP) is 4.56. The average Bonchev–Trinajstić information content (AvgIpc) is 3.18. The van der Waals surface area contributed by atoms with Crippen molar-refractivity contribution < 1.29 is 14.3 Å². The van der Waals surface area contributed by atoms with E-state index in [-0.39, 0.29) is 5.91 Å². The number of benzene rings is 1. The summed E-state index contributed by atoms with van der Waals surface area (Å²) in [6, 6.07) is 12.0. The maximum atomic E-state index is 13.3. The second-order valence-corrected chi connectivity index (χ2v) is 7.44. The zero-order valence-corrected chi connectivity index (χ0v) is 17.1. The Morgan fingerprint density at radius 1 is 1.14 bits per heavy atom. The molecule has 1 N–H and O–H groups in total. The molecule has 0 saturated heterocycles. The van der Waals surface area contributed by atoms with Crippen LogP contribution in [0.3, 0.4) is 0 Å². The van der Waals surface area contributed by atoms with E-state index in [1.54, 1.807) is 6.07 Å². The normalized spacial score (nSPS) is 15.4. The summed E-state index contributed by atoms with van der Waals surface area (Å²) in [5, 5.41) is 3.13. The van der Waals surface area contributed by atoms with Gasteiger partial charge in [0.05, 0.1) is 23.4 Å². The highest BCUT2D eigenvalue weighted by Gasteiger charge is 2.42. The minimum atomic E-state index is -0.453. The number of carbonyl (C=O) groups is 1. The van der Waals surface area contributed by atoms with Crippen LogP contribution in [0.15, 0.2) is 36.4 Å². The lowest BCUT2D eigenvalue weighted by Gasteiger charge is -2.29. The van der Waals surface area contributed by atoms with Gasteiger partial charge in [-0.05, 0) is 45.2 Å². The van der Waals surface area contributed by atoms with Gasteiger partial charge in [0.1, 0.15) is 6.61 Å². The fourth-order valence-electron chi connectivity index (χ4n) is 3.91. The molecule has 1 aromatic heterocycles. The molecule has 1 heterocycles. The summed E-state index contributed by atoms with van der Waals surface area (Å²) in [6.45, 7) is 7.58. The summed E-state index contributed by atoms with van der Waals surface area (Å²) >= 11 is 0. The van der Waals surface area contributed by atoms with Gasteiger partial charge in [0, 0.05) is 12.7 Å². The molecule has 0 atom stereocenters. The van der Waals surface area contributed by atoms with Crippen molar-refractivity contribution in [3.8, 4) is 5.88 Å². The van der Waals surface area contributed by atoms with Crippen LogP contribution in [0.25, 0.3) is 0 Å². The molecular weight excluding hydrogens is 352 g/mol. The zero-order valence-electron chi connectivity index (χ0n) is 17.1. The van der Waals surface area contributed by atoms with E-state index >= 15 is 0 Å². The molecule has 5 nitrogen and oxygen atoms in total.